The van der Waals surface area contributed by atoms with E-state index in [0.717, 1.165) is 0 Å². The molecule has 0 aliphatic rings. The molecule has 3 N–H and O–H groups in total. The molecule has 0 bridgehead atoms. The van der Waals surface area contributed by atoms with Gasteiger partial charge in [0.05, 0.1) is 23.9 Å². The summed E-state index contributed by atoms with van der Waals surface area (Å²) >= 11 is 12.6. The Bertz CT molecular complexity index is 1230. The van der Waals surface area contributed by atoms with Gasteiger partial charge in [-0.1, -0.05) is 62.5 Å². The third-order valence-electron chi connectivity index (χ3n) is 5.25. The molecular weight excluding hydrogens is 618 g/mol. The molecule has 222 valence electrons. The molecule has 1 amide bonds. The summed E-state index contributed by atoms with van der Waals surface area (Å²) in [6.07, 6.45) is 0.722. The Balaban J connectivity index is 2.69. The second kappa shape index (κ2) is 13.9. The second-order valence-corrected chi connectivity index (χ2v) is 24.5. The lowest BCUT2D eigenvalue weighted by molar-refractivity contribution is -0.364. The van der Waals surface area contributed by atoms with Crippen molar-refractivity contribution in [1.82, 2.24) is 4.98 Å². The smallest absolute Gasteiger partial charge is 0.402 e. The molecule has 1 aromatic heterocycles. The Hall–Kier alpha value is -1.81. The highest BCUT2D eigenvalue weighted by molar-refractivity contribution is 7.46. The lowest BCUT2D eigenvalue weighted by Gasteiger charge is -2.35. The van der Waals surface area contributed by atoms with E-state index in [1.54, 1.807) is 0 Å². The van der Waals surface area contributed by atoms with Crippen molar-refractivity contribution in [3.8, 4) is 5.75 Å². The third kappa shape index (κ3) is 11.2. The molecule has 1 heterocycles. The number of pyridine rings is 1. The summed E-state index contributed by atoms with van der Waals surface area (Å²) in [5.74, 6) is -2.94. The molecule has 11 nitrogen and oxygen atoms in total. The summed E-state index contributed by atoms with van der Waals surface area (Å²) in [4.78, 5) is 47.8. The molecule has 0 unspecified atom stereocenters. The van der Waals surface area contributed by atoms with Crippen molar-refractivity contribution in [2.75, 3.05) is 18.5 Å². The molecule has 0 fully saturated rings. The van der Waals surface area contributed by atoms with E-state index >= 15 is 0 Å². The van der Waals surface area contributed by atoms with Gasteiger partial charge in [0.1, 0.15) is 11.3 Å². The van der Waals surface area contributed by atoms with E-state index in [4.69, 9.17) is 41.9 Å². The molecular formula is C24H35Cl2N2O9PSi2. The maximum absolute atomic E-state index is 13.3. The topological polar surface area (TPSA) is 154 Å². The zero-order valence-electron chi connectivity index (χ0n) is 23.2. The van der Waals surface area contributed by atoms with Crippen molar-refractivity contribution in [3.63, 3.8) is 0 Å². The Morgan fingerprint density at radius 2 is 1.65 bits per heavy atom. The predicted molar refractivity (Wildman–Crippen MR) is 159 cm³/mol. The number of rotatable bonds is 14. The van der Waals surface area contributed by atoms with E-state index in [-0.39, 0.29) is 40.2 Å². The van der Waals surface area contributed by atoms with E-state index in [1.807, 2.05) is 0 Å². The lowest BCUT2D eigenvalue weighted by Crippen LogP contribution is -2.42. The van der Waals surface area contributed by atoms with Gasteiger partial charge in [0.2, 0.25) is 0 Å². The van der Waals surface area contributed by atoms with Crippen molar-refractivity contribution in [2.24, 2.45) is 0 Å². The first-order valence-electron chi connectivity index (χ1n) is 12.3. The summed E-state index contributed by atoms with van der Waals surface area (Å²) in [5.41, 5.74) is -0.270. The van der Waals surface area contributed by atoms with Crippen LogP contribution in [-0.2, 0) is 24.7 Å². The number of anilines is 1. The van der Waals surface area contributed by atoms with Gasteiger partial charge in [-0.05, 0) is 36.4 Å². The fourth-order valence-electron chi connectivity index (χ4n) is 3.17. The number of halogens is 2. The van der Waals surface area contributed by atoms with Crippen LogP contribution in [0.4, 0.5) is 10.5 Å². The van der Waals surface area contributed by atoms with Gasteiger partial charge in [-0.3, -0.25) is 24.9 Å². The molecule has 0 spiro atoms. The number of nitrogens with zero attached hydrogens (tertiary/aromatic N) is 1. The Morgan fingerprint density at radius 3 is 2.15 bits per heavy atom. The first-order chi connectivity index (χ1) is 18.3. The first-order valence-corrected chi connectivity index (χ1v) is 22.0. The third-order valence-corrected chi connectivity index (χ3v) is 9.58. The second-order valence-electron chi connectivity index (χ2n) is 11.3. The number of aromatic nitrogens is 1. The van der Waals surface area contributed by atoms with Gasteiger partial charge in [-0.25, -0.2) is 9.36 Å². The minimum atomic E-state index is -5.16. The molecule has 2 aromatic rings. The van der Waals surface area contributed by atoms with Gasteiger partial charge in [0, 0.05) is 27.4 Å². The van der Waals surface area contributed by atoms with Crippen LogP contribution in [0.2, 0.25) is 61.4 Å². The van der Waals surface area contributed by atoms with Crippen LogP contribution >= 0.6 is 31.0 Å². The van der Waals surface area contributed by atoms with E-state index in [1.165, 1.54) is 30.5 Å². The number of hydrogen-bond donors (Lipinski definition) is 3. The molecule has 0 radical (unpaired) electrons. The highest BCUT2D eigenvalue weighted by Gasteiger charge is 2.45. The Morgan fingerprint density at radius 1 is 1.07 bits per heavy atom. The fourth-order valence-corrected chi connectivity index (χ4v) is 5.62. The van der Waals surface area contributed by atoms with Gasteiger partial charge in [-0.2, -0.15) is 0 Å². The van der Waals surface area contributed by atoms with Crippen molar-refractivity contribution < 1.29 is 42.7 Å². The standard InChI is InChI=1S/C24H35Cl2N2O9PSi2/c1-39(2,3)12-10-34-24(35-11-13-40(4,5)6,36-23(30)28-20-8-7-9-27-21(20)16-29)18-14-17(25)15-19(26)22(18)37-38(31,32)33/h7-9,14-16H,10-13H2,1-6H3,(H,28,30)(H2,31,32,33). The summed E-state index contributed by atoms with van der Waals surface area (Å²) in [6, 6.07) is 6.61. The lowest BCUT2D eigenvalue weighted by atomic mass is 10.1. The predicted octanol–water partition coefficient (Wildman–Crippen LogP) is 6.74. The number of hydrogen-bond acceptors (Lipinski definition) is 8. The largest absolute Gasteiger partial charge is 0.524 e. The Kier molecular flexibility index (Phi) is 12.0. The molecule has 0 aliphatic carbocycles. The monoisotopic (exact) mass is 652 g/mol. The number of carbonyl (C=O) groups is 2. The van der Waals surface area contributed by atoms with E-state index in [2.05, 4.69) is 49.6 Å². The van der Waals surface area contributed by atoms with Gasteiger partial charge < -0.3 is 18.7 Å². The minimum absolute atomic E-state index is 0.0320. The van der Waals surface area contributed by atoms with E-state index in [0.29, 0.717) is 18.4 Å². The van der Waals surface area contributed by atoms with Gasteiger partial charge in [-0.15, -0.1) is 0 Å². The van der Waals surface area contributed by atoms with Gasteiger partial charge in [0.25, 0.3) is 0 Å². The number of phosphoric ester groups is 1. The number of benzene rings is 1. The zero-order chi connectivity index (χ0) is 30.4. The average molecular weight is 654 g/mol. The first kappa shape index (κ1) is 34.4. The van der Waals surface area contributed by atoms with E-state index < -0.39 is 41.8 Å². The molecule has 1 aromatic carbocycles. The van der Waals surface area contributed by atoms with Crippen molar-refractivity contribution in [2.45, 2.75) is 57.3 Å². The van der Waals surface area contributed by atoms with Crippen LogP contribution in [0.25, 0.3) is 0 Å². The van der Waals surface area contributed by atoms with Crippen LogP contribution in [-0.4, -0.2) is 56.5 Å². The highest BCUT2D eigenvalue weighted by Crippen LogP contribution is 2.48. The fraction of sp³-hybridized carbons (Fsp3) is 0.458. The van der Waals surface area contributed by atoms with Crippen LogP contribution in [0.3, 0.4) is 0 Å². The Labute approximate surface area is 245 Å². The SMILES string of the molecule is C[Si](C)(C)CCOC(OCC[Si](C)(C)C)(OC(=O)Nc1cccnc1C=O)c1cc(Cl)cc(Cl)c1OP(=O)(O)O. The maximum atomic E-state index is 13.3. The number of amides is 1. The number of ether oxygens (including phenoxy) is 3. The summed E-state index contributed by atoms with van der Waals surface area (Å²) in [5, 5.41) is 2.19. The van der Waals surface area contributed by atoms with Crippen molar-refractivity contribution in [1.29, 1.82) is 0 Å². The molecule has 0 saturated heterocycles. The average Bonchev–Trinajstić information content (AvgIpc) is 2.78. The molecule has 2 rings (SSSR count). The van der Waals surface area contributed by atoms with Crippen molar-refractivity contribution in [3.05, 3.63) is 51.8 Å². The molecule has 0 aliphatic heterocycles. The molecule has 0 saturated carbocycles. The highest BCUT2D eigenvalue weighted by atomic mass is 35.5. The van der Waals surface area contributed by atoms with Gasteiger partial charge in [0.15, 0.2) is 12.0 Å². The minimum Gasteiger partial charge on any atom is -0.402 e. The van der Waals surface area contributed by atoms with Gasteiger partial charge >= 0.3 is 19.9 Å². The molecule has 16 heteroatoms. The quantitative estimate of drug-likeness (QED) is 0.0865. The normalized spacial score (nSPS) is 12.7. The van der Waals surface area contributed by atoms with Crippen LogP contribution in [0.1, 0.15) is 16.1 Å². The summed E-state index contributed by atoms with van der Waals surface area (Å²) < 4.78 is 34.9. The van der Waals surface area contributed by atoms with Crippen LogP contribution in [0.15, 0.2) is 30.5 Å². The van der Waals surface area contributed by atoms with Crippen molar-refractivity contribution >= 4 is 65.2 Å². The number of carbonyl (C=O) groups excluding carboxylic acids is 2. The molecule has 40 heavy (non-hydrogen) atoms. The zero-order valence-corrected chi connectivity index (χ0v) is 27.6. The van der Waals surface area contributed by atoms with Crippen LogP contribution in [0.5, 0.6) is 5.75 Å². The van der Waals surface area contributed by atoms with E-state index in [9.17, 15) is 23.9 Å². The van der Waals surface area contributed by atoms with Crippen LogP contribution in [0, 0.1) is 0 Å². The number of nitrogens with one attached hydrogen (secondary N) is 1. The summed E-state index contributed by atoms with van der Waals surface area (Å²) in [6.45, 7) is 12.8. The maximum Gasteiger partial charge on any atom is 0.524 e. The number of aldehydes is 1. The van der Waals surface area contributed by atoms with Crippen LogP contribution < -0.4 is 9.84 Å². The summed E-state index contributed by atoms with van der Waals surface area (Å²) in [7, 11) is -8.54. The molecule has 0 atom stereocenters. The number of phosphoric acid groups is 1.